The SMILES string of the molecule is O=S(=O)(NCCc1ccco1)c1cnc(Cl)nc1. The van der Waals surface area contributed by atoms with Crippen LogP contribution in [-0.4, -0.2) is 24.9 Å². The van der Waals surface area contributed by atoms with Crippen LogP contribution in [0, 0.1) is 0 Å². The van der Waals surface area contributed by atoms with Gasteiger partial charge in [-0.15, -0.1) is 0 Å². The van der Waals surface area contributed by atoms with Crippen LogP contribution in [0.2, 0.25) is 5.28 Å². The Morgan fingerprint density at radius 2 is 2.06 bits per heavy atom. The van der Waals surface area contributed by atoms with Crippen LogP contribution in [-0.2, 0) is 16.4 Å². The Kier molecular flexibility index (Phi) is 3.95. The summed E-state index contributed by atoms with van der Waals surface area (Å²) in [5, 5.41) is 0.00420. The lowest BCUT2D eigenvalue weighted by atomic mass is 10.3. The van der Waals surface area contributed by atoms with Gasteiger partial charge in [0.15, 0.2) is 0 Å². The quantitative estimate of drug-likeness (QED) is 0.837. The molecule has 0 aromatic carbocycles. The van der Waals surface area contributed by atoms with Crippen molar-refractivity contribution < 1.29 is 12.8 Å². The fourth-order valence-corrected chi connectivity index (χ4v) is 2.30. The van der Waals surface area contributed by atoms with Gasteiger partial charge >= 0.3 is 0 Å². The second-order valence-corrected chi connectivity index (χ2v) is 5.52. The molecule has 6 nitrogen and oxygen atoms in total. The highest BCUT2D eigenvalue weighted by Gasteiger charge is 2.14. The zero-order chi connectivity index (χ0) is 13.0. The number of nitrogens with one attached hydrogen (secondary N) is 1. The summed E-state index contributed by atoms with van der Waals surface area (Å²) < 4.78 is 31.1. The number of nitrogens with zero attached hydrogens (tertiary/aromatic N) is 2. The normalized spacial score (nSPS) is 11.6. The van der Waals surface area contributed by atoms with Gasteiger partial charge in [-0.05, 0) is 23.7 Å². The van der Waals surface area contributed by atoms with E-state index in [9.17, 15) is 8.42 Å². The highest BCUT2D eigenvalue weighted by Crippen LogP contribution is 2.07. The van der Waals surface area contributed by atoms with Gasteiger partial charge in [0.2, 0.25) is 15.3 Å². The number of aromatic nitrogens is 2. The average molecular weight is 288 g/mol. The molecule has 0 radical (unpaired) electrons. The first kappa shape index (κ1) is 13.0. The Hall–Kier alpha value is -1.44. The van der Waals surface area contributed by atoms with Crippen molar-refractivity contribution in [2.75, 3.05) is 6.54 Å². The van der Waals surface area contributed by atoms with Crippen molar-refractivity contribution in [3.8, 4) is 0 Å². The highest BCUT2D eigenvalue weighted by atomic mass is 35.5. The van der Waals surface area contributed by atoms with Crippen LogP contribution in [0.3, 0.4) is 0 Å². The lowest BCUT2D eigenvalue weighted by molar-refractivity contribution is 0.506. The van der Waals surface area contributed by atoms with Crippen LogP contribution in [0.25, 0.3) is 0 Å². The first-order chi connectivity index (χ1) is 8.58. The third kappa shape index (κ3) is 3.28. The lowest BCUT2D eigenvalue weighted by Crippen LogP contribution is -2.26. The molecule has 0 saturated heterocycles. The van der Waals surface area contributed by atoms with E-state index in [1.165, 1.54) is 6.26 Å². The molecule has 0 atom stereocenters. The summed E-state index contributed by atoms with van der Waals surface area (Å²) >= 11 is 5.48. The molecule has 2 aromatic heterocycles. The van der Waals surface area contributed by atoms with Crippen LogP contribution < -0.4 is 4.72 Å². The molecular weight excluding hydrogens is 278 g/mol. The summed E-state index contributed by atoms with van der Waals surface area (Å²) in [7, 11) is -3.61. The van der Waals surface area contributed by atoms with E-state index in [1.807, 2.05) is 0 Å². The van der Waals surface area contributed by atoms with Crippen LogP contribution >= 0.6 is 11.6 Å². The number of rotatable bonds is 5. The number of hydrogen-bond donors (Lipinski definition) is 1. The summed E-state index contributed by atoms with van der Waals surface area (Å²) in [5.74, 6) is 0.713. The lowest BCUT2D eigenvalue weighted by Gasteiger charge is -2.04. The molecule has 8 heteroatoms. The van der Waals surface area contributed by atoms with E-state index in [2.05, 4.69) is 14.7 Å². The summed E-state index contributed by atoms with van der Waals surface area (Å²) in [4.78, 5) is 7.22. The molecule has 2 heterocycles. The van der Waals surface area contributed by atoms with E-state index >= 15 is 0 Å². The van der Waals surface area contributed by atoms with Gasteiger partial charge in [-0.3, -0.25) is 0 Å². The summed E-state index contributed by atoms with van der Waals surface area (Å²) in [6, 6.07) is 3.52. The molecule has 2 rings (SSSR count). The number of hydrogen-bond acceptors (Lipinski definition) is 5. The molecule has 18 heavy (non-hydrogen) atoms. The van der Waals surface area contributed by atoms with Crippen LogP contribution in [0.4, 0.5) is 0 Å². The number of halogens is 1. The molecule has 0 unspecified atom stereocenters. The van der Waals surface area contributed by atoms with Crippen molar-refractivity contribution in [2.45, 2.75) is 11.3 Å². The molecule has 96 valence electrons. The second-order valence-electron chi connectivity index (χ2n) is 3.41. The number of furan rings is 1. The fraction of sp³-hybridized carbons (Fsp3) is 0.200. The van der Waals surface area contributed by atoms with Gasteiger partial charge in [0, 0.05) is 13.0 Å². The third-order valence-electron chi connectivity index (χ3n) is 2.15. The van der Waals surface area contributed by atoms with Gasteiger partial charge in [0.1, 0.15) is 10.7 Å². The zero-order valence-corrected chi connectivity index (χ0v) is 10.8. The molecular formula is C10H10ClN3O3S. The standard InChI is InChI=1S/C10H10ClN3O3S/c11-10-12-6-9(7-13-10)18(15,16)14-4-3-8-2-1-5-17-8/h1-2,5-7,14H,3-4H2. The molecule has 0 amide bonds. The molecule has 0 aliphatic heterocycles. The van der Waals surface area contributed by atoms with Crippen molar-refractivity contribution >= 4 is 21.6 Å². The predicted octanol–water partition coefficient (Wildman–Crippen LogP) is 1.24. The van der Waals surface area contributed by atoms with Crippen molar-refractivity contribution in [1.29, 1.82) is 0 Å². The van der Waals surface area contributed by atoms with E-state index in [0.717, 1.165) is 12.4 Å². The van der Waals surface area contributed by atoms with Crippen molar-refractivity contribution in [1.82, 2.24) is 14.7 Å². The molecule has 0 bridgehead atoms. The first-order valence-corrected chi connectivity index (χ1v) is 6.93. The van der Waals surface area contributed by atoms with E-state index in [4.69, 9.17) is 16.0 Å². The predicted molar refractivity (Wildman–Crippen MR) is 64.6 cm³/mol. The van der Waals surface area contributed by atoms with Crippen molar-refractivity contribution in [3.05, 3.63) is 41.8 Å². The molecule has 0 aliphatic carbocycles. The second kappa shape index (κ2) is 5.47. The van der Waals surface area contributed by atoms with E-state index < -0.39 is 10.0 Å². The van der Waals surface area contributed by atoms with E-state index in [1.54, 1.807) is 12.1 Å². The van der Waals surface area contributed by atoms with Gasteiger partial charge < -0.3 is 4.42 Å². The monoisotopic (exact) mass is 287 g/mol. The van der Waals surface area contributed by atoms with Gasteiger partial charge in [-0.25, -0.2) is 23.1 Å². The Balaban J connectivity index is 1.97. The summed E-state index contributed by atoms with van der Waals surface area (Å²) in [6.07, 6.45) is 4.33. The minimum absolute atomic E-state index is 0.00420. The maximum Gasteiger partial charge on any atom is 0.243 e. The zero-order valence-electron chi connectivity index (χ0n) is 9.21. The molecule has 0 aliphatic rings. The largest absolute Gasteiger partial charge is 0.469 e. The summed E-state index contributed by atoms with van der Waals surface area (Å²) in [5.41, 5.74) is 0. The van der Waals surface area contributed by atoms with Gasteiger partial charge in [0.25, 0.3) is 0 Å². The van der Waals surface area contributed by atoms with Gasteiger partial charge in [0.05, 0.1) is 18.7 Å². The summed E-state index contributed by atoms with van der Waals surface area (Å²) in [6.45, 7) is 0.235. The molecule has 0 saturated carbocycles. The molecule has 2 aromatic rings. The fourth-order valence-electron chi connectivity index (χ4n) is 1.29. The first-order valence-electron chi connectivity index (χ1n) is 5.07. The third-order valence-corrected chi connectivity index (χ3v) is 3.76. The minimum atomic E-state index is -3.61. The Labute approximate surface area is 109 Å². The topological polar surface area (TPSA) is 85.1 Å². The maximum absolute atomic E-state index is 11.8. The Bertz CT molecular complexity index is 596. The smallest absolute Gasteiger partial charge is 0.243 e. The molecule has 0 spiro atoms. The maximum atomic E-state index is 11.8. The Morgan fingerprint density at radius 1 is 1.33 bits per heavy atom. The van der Waals surface area contributed by atoms with Crippen molar-refractivity contribution in [2.24, 2.45) is 0 Å². The van der Waals surface area contributed by atoms with Crippen LogP contribution in [0.5, 0.6) is 0 Å². The van der Waals surface area contributed by atoms with Crippen LogP contribution in [0.1, 0.15) is 5.76 Å². The van der Waals surface area contributed by atoms with E-state index in [0.29, 0.717) is 12.2 Å². The highest BCUT2D eigenvalue weighted by molar-refractivity contribution is 7.89. The van der Waals surface area contributed by atoms with Gasteiger partial charge in [-0.1, -0.05) is 0 Å². The van der Waals surface area contributed by atoms with Gasteiger partial charge in [-0.2, -0.15) is 0 Å². The average Bonchev–Trinajstić information content (AvgIpc) is 2.82. The van der Waals surface area contributed by atoms with E-state index in [-0.39, 0.29) is 16.7 Å². The number of sulfonamides is 1. The van der Waals surface area contributed by atoms with Crippen LogP contribution in [0.15, 0.2) is 40.1 Å². The molecule has 1 N–H and O–H groups in total. The minimum Gasteiger partial charge on any atom is -0.469 e. The van der Waals surface area contributed by atoms with Crippen molar-refractivity contribution in [3.63, 3.8) is 0 Å². The molecule has 0 fully saturated rings. The Morgan fingerprint density at radius 3 is 2.67 bits per heavy atom.